The maximum atomic E-state index is 12.3. The number of likely N-dealkylation sites (N-methyl/N-ethyl adjacent to an activating group) is 1. The van der Waals surface area contributed by atoms with Crippen molar-refractivity contribution >= 4 is 23.1 Å². The molecule has 0 bridgehead atoms. The predicted octanol–water partition coefficient (Wildman–Crippen LogP) is 4.45. The smallest absolute Gasteiger partial charge is 0.323 e. The second-order valence-corrected chi connectivity index (χ2v) is 7.89. The fourth-order valence-corrected chi connectivity index (χ4v) is 4.09. The van der Waals surface area contributed by atoms with Crippen LogP contribution in [0.1, 0.15) is 32.1 Å². The molecule has 6 heteroatoms. The van der Waals surface area contributed by atoms with Gasteiger partial charge in [0.1, 0.15) is 5.75 Å². The lowest BCUT2D eigenvalue weighted by Crippen LogP contribution is -2.29. The van der Waals surface area contributed by atoms with E-state index in [9.17, 15) is 4.79 Å². The van der Waals surface area contributed by atoms with Gasteiger partial charge in [-0.2, -0.15) is 0 Å². The molecule has 2 amide bonds. The maximum Gasteiger partial charge on any atom is 0.323 e. The minimum Gasteiger partial charge on any atom is -0.490 e. The highest BCUT2D eigenvalue weighted by atomic mass is 16.5. The number of carbonyl (C=O) groups excluding carboxylic acids is 1. The third-order valence-corrected chi connectivity index (χ3v) is 5.80. The summed E-state index contributed by atoms with van der Waals surface area (Å²) >= 11 is 0. The molecule has 6 nitrogen and oxygen atoms in total. The number of nitrogens with zero attached hydrogens (tertiary/aromatic N) is 1. The van der Waals surface area contributed by atoms with E-state index in [1.165, 1.54) is 18.5 Å². The number of anilines is 3. The van der Waals surface area contributed by atoms with E-state index in [-0.39, 0.29) is 6.03 Å². The standard InChI is InChI=1S/C23H30N4O2/c1-24-19-14-15-27(16-19)20-10-6-17(7-11-20)25-23(28)26-18-8-12-22(13-9-18)29-21-4-2-3-5-21/h6-13,19,21,24H,2-5,14-16H2,1H3,(H2,25,26,28)/t19-/m0/s1. The van der Waals surface area contributed by atoms with Crippen LogP contribution < -0.4 is 25.6 Å². The lowest BCUT2D eigenvalue weighted by molar-refractivity contribution is 0.210. The Balaban J connectivity index is 1.27. The quantitative estimate of drug-likeness (QED) is 0.677. The zero-order valence-corrected chi connectivity index (χ0v) is 17.0. The summed E-state index contributed by atoms with van der Waals surface area (Å²) in [5, 5.41) is 9.09. The van der Waals surface area contributed by atoms with Crippen molar-refractivity contribution in [1.29, 1.82) is 0 Å². The van der Waals surface area contributed by atoms with E-state index < -0.39 is 0 Å². The van der Waals surface area contributed by atoms with Crippen LogP contribution in [0.25, 0.3) is 0 Å². The minimum absolute atomic E-state index is 0.251. The molecule has 3 N–H and O–H groups in total. The zero-order chi connectivity index (χ0) is 20.1. The van der Waals surface area contributed by atoms with Crippen molar-refractivity contribution in [2.24, 2.45) is 0 Å². The van der Waals surface area contributed by atoms with Gasteiger partial charge in [0.2, 0.25) is 0 Å². The summed E-state index contributed by atoms with van der Waals surface area (Å²) in [5.41, 5.74) is 2.71. The van der Waals surface area contributed by atoms with Gasteiger partial charge in [0.05, 0.1) is 6.10 Å². The largest absolute Gasteiger partial charge is 0.490 e. The van der Waals surface area contributed by atoms with Gasteiger partial charge in [-0.15, -0.1) is 0 Å². The van der Waals surface area contributed by atoms with Crippen LogP contribution in [-0.2, 0) is 0 Å². The number of carbonyl (C=O) groups is 1. The first kappa shape index (κ1) is 19.6. The van der Waals surface area contributed by atoms with Crippen LogP contribution in [0.15, 0.2) is 48.5 Å². The first-order valence-electron chi connectivity index (χ1n) is 10.6. The van der Waals surface area contributed by atoms with Gasteiger partial charge < -0.3 is 25.6 Å². The summed E-state index contributed by atoms with van der Waals surface area (Å²) in [5.74, 6) is 0.862. The van der Waals surface area contributed by atoms with Crippen molar-refractivity contribution in [2.75, 3.05) is 35.7 Å². The molecular formula is C23H30N4O2. The molecule has 0 aromatic heterocycles. The Morgan fingerprint density at radius 1 is 0.931 bits per heavy atom. The van der Waals surface area contributed by atoms with E-state index >= 15 is 0 Å². The molecule has 2 fully saturated rings. The maximum absolute atomic E-state index is 12.3. The molecule has 1 heterocycles. The van der Waals surface area contributed by atoms with Gasteiger partial charge in [-0.3, -0.25) is 0 Å². The van der Waals surface area contributed by atoms with Gasteiger partial charge in [-0.25, -0.2) is 4.79 Å². The first-order chi connectivity index (χ1) is 14.2. The van der Waals surface area contributed by atoms with Crippen molar-refractivity contribution in [3.05, 3.63) is 48.5 Å². The van der Waals surface area contributed by atoms with Crippen molar-refractivity contribution in [3.8, 4) is 5.75 Å². The Bertz CT molecular complexity index is 801. The highest BCUT2D eigenvalue weighted by Gasteiger charge is 2.21. The molecule has 2 aromatic rings. The molecule has 2 aromatic carbocycles. The monoisotopic (exact) mass is 394 g/mol. The number of amides is 2. The third kappa shape index (κ3) is 5.21. The summed E-state index contributed by atoms with van der Waals surface area (Å²) in [4.78, 5) is 14.7. The van der Waals surface area contributed by atoms with Crippen molar-refractivity contribution in [1.82, 2.24) is 5.32 Å². The SMILES string of the molecule is CN[C@H]1CCN(c2ccc(NC(=O)Nc3ccc(OC4CCCC4)cc3)cc2)C1. The predicted molar refractivity (Wildman–Crippen MR) is 118 cm³/mol. The second kappa shape index (κ2) is 9.18. The number of hydrogen-bond donors (Lipinski definition) is 3. The van der Waals surface area contributed by atoms with Crippen LogP contribution in [0.5, 0.6) is 5.75 Å². The molecule has 1 aliphatic heterocycles. The van der Waals surface area contributed by atoms with Crippen molar-refractivity contribution in [3.63, 3.8) is 0 Å². The van der Waals surface area contributed by atoms with Crippen LogP contribution in [0.3, 0.4) is 0 Å². The van der Waals surface area contributed by atoms with Gasteiger partial charge >= 0.3 is 6.03 Å². The molecule has 1 saturated carbocycles. The Morgan fingerprint density at radius 2 is 1.55 bits per heavy atom. The molecule has 2 aliphatic rings. The number of rotatable bonds is 6. The van der Waals surface area contributed by atoms with Gasteiger partial charge in [0.15, 0.2) is 0 Å². The molecular weight excluding hydrogens is 364 g/mol. The summed E-state index contributed by atoms with van der Waals surface area (Å²) in [7, 11) is 2.01. The highest BCUT2D eigenvalue weighted by Crippen LogP contribution is 2.25. The van der Waals surface area contributed by atoms with Crippen LogP contribution in [0.4, 0.5) is 21.9 Å². The summed E-state index contributed by atoms with van der Waals surface area (Å²) in [6.45, 7) is 2.07. The number of nitrogens with one attached hydrogen (secondary N) is 3. The summed E-state index contributed by atoms with van der Waals surface area (Å²) < 4.78 is 5.96. The van der Waals surface area contributed by atoms with Gasteiger partial charge in [-0.05, 0) is 87.7 Å². The molecule has 0 spiro atoms. The lowest BCUT2D eigenvalue weighted by atomic mass is 10.2. The number of benzene rings is 2. The fraction of sp³-hybridized carbons (Fsp3) is 0.435. The highest BCUT2D eigenvalue weighted by molar-refractivity contribution is 5.99. The molecule has 1 atom stereocenters. The molecule has 4 rings (SSSR count). The molecule has 1 saturated heterocycles. The Hall–Kier alpha value is -2.73. The second-order valence-electron chi connectivity index (χ2n) is 7.89. The molecule has 29 heavy (non-hydrogen) atoms. The Kier molecular flexibility index (Phi) is 6.20. The molecule has 0 radical (unpaired) electrons. The third-order valence-electron chi connectivity index (χ3n) is 5.80. The zero-order valence-electron chi connectivity index (χ0n) is 17.0. The van der Waals surface area contributed by atoms with Gasteiger partial charge in [-0.1, -0.05) is 0 Å². The molecule has 154 valence electrons. The van der Waals surface area contributed by atoms with E-state index in [0.29, 0.717) is 12.1 Å². The molecule has 1 aliphatic carbocycles. The normalized spacial score (nSPS) is 19.3. The van der Waals surface area contributed by atoms with E-state index in [1.54, 1.807) is 0 Å². The average Bonchev–Trinajstić information content (AvgIpc) is 3.42. The van der Waals surface area contributed by atoms with Crippen LogP contribution in [0.2, 0.25) is 0 Å². The van der Waals surface area contributed by atoms with Crippen molar-refractivity contribution < 1.29 is 9.53 Å². The molecule has 0 unspecified atom stereocenters. The van der Waals surface area contributed by atoms with E-state index in [1.807, 2.05) is 43.4 Å². The lowest BCUT2D eigenvalue weighted by Gasteiger charge is -2.19. The van der Waals surface area contributed by atoms with Gasteiger partial charge in [0, 0.05) is 36.2 Å². The number of ether oxygens (including phenoxy) is 1. The first-order valence-corrected chi connectivity index (χ1v) is 10.6. The topological polar surface area (TPSA) is 65.6 Å². The number of urea groups is 1. The van der Waals surface area contributed by atoms with Crippen molar-refractivity contribution in [2.45, 2.75) is 44.2 Å². The van der Waals surface area contributed by atoms with E-state index in [4.69, 9.17) is 4.74 Å². The average molecular weight is 395 g/mol. The minimum atomic E-state index is -0.251. The van der Waals surface area contributed by atoms with Crippen LogP contribution in [-0.4, -0.2) is 38.3 Å². The fourth-order valence-electron chi connectivity index (χ4n) is 4.09. The van der Waals surface area contributed by atoms with E-state index in [2.05, 4.69) is 33.0 Å². The Morgan fingerprint density at radius 3 is 2.14 bits per heavy atom. The summed E-state index contributed by atoms with van der Waals surface area (Å²) in [6, 6.07) is 15.9. The van der Waals surface area contributed by atoms with Crippen LogP contribution >= 0.6 is 0 Å². The Labute approximate surface area is 172 Å². The summed E-state index contributed by atoms with van der Waals surface area (Å²) in [6.07, 6.45) is 6.26. The van der Waals surface area contributed by atoms with Gasteiger partial charge in [0.25, 0.3) is 0 Å². The van der Waals surface area contributed by atoms with E-state index in [0.717, 1.165) is 49.5 Å². The number of hydrogen-bond acceptors (Lipinski definition) is 4. The van der Waals surface area contributed by atoms with Crippen LogP contribution in [0, 0.1) is 0 Å².